The number of methoxy groups -OCH3 is 1. The Morgan fingerprint density at radius 3 is 2.44 bits per heavy atom. The number of hydrogen-bond donors (Lipinski definition) is 0. The predicted octanol–water partition coefficient (Wildman–Crippen LogP) is 4.43. The van der Waals surface area contributed by atoms with Gasteiger partial charge in [0.25, 0.3) is 0 Å². The zero-order valence-electron chi connectivity index (χ0n) is 15.1. The molecule has 2 heterocycles. The highest BCUT2D eigenvalue weighted by atomic mass is 35.5. The van der Waals surface area contributed by atoms with Gasteiger partial charge in [-0.1, -0.05) is 22.8 Å². The van der Waals surface area contributed by atoms with Crippen LogP contribution < -0.4 is 9.47 Å². The fourth-order valence-corrected chi connectivity index (χ4v) is 3.66. The van der Waals surface area contributed by atoms with Crippen LogP contribution in [0, 0.1) is 0 Å². The highest BCUT2D eigenvalue weighted by Gasteiger charge is 2.29. The van der Waals surface area contributed by atoms with Crippen LogP contribution in [0.15, 0.2) is 48.7 Å². The Morgan fingerprint density at radius 2 is 1.78 bits per heavy atom. The van der Waals surface area contributed by atoms with Gasteiger partial charge in [-0.15, -0.1) is 5.10 Å². The summed E-state index contributed by atoms with van der Waals surface area (Å²) < 4.78 is 13.4. The third-order valence-corrected chi connectivity index (χ3v) is 5.14. The lowest BCUT2D eigenvalue weighted by molar-refractivity contribution is 0.139. The summed E-state index contributed by atoms with van der Waals surface area (Å²) in [6, 6.07) is 13.8. The lowest BCUT2D eigenvalue weighted by atomic mass is 9.86. The number of benzene rings is 1. The molecule has 1 aromatic carbocycles. The van der Waals surface area contributed by atoms with Gasteiger partial charge in [0.15, 0.2) is 0 Å². The van der Waals surface area contributed by atoms with E-state index in [1.807, 2.05) is 47.0 Å². The molecule has 1 fully saturated rings. The fourth-order valence-electron chi connectivity index (χ4n) is 3.54. The standard InChI is InChI=1S/C20H21ClN4O2/c1-26-20-24-23-19(25(20)16-9-7-15(21)8-10-16)14-5-11-17(12-6-14)27-18-4-2-3-13-22-18/h2-4,7-10,13-14,17H,5-6,11-12H2,1H3. The number of pyridine rings is 1. The third-order valence-electron chi connectivity index (χ3n) is 4.89. The minimum Gasteiger partial charge on any atom is -0.474 e. The van der Waals surface area contributed by atoms with Crippen molar-refractivity contribution in [2.24, 2.45) is 0 Å². The van der Waals surface area contributed by atoms with Gasteiger partial charge in [0.2, 0.25) is 5.88 Å². The summed E-state index contributed by atoms with van der Waals surface area (Å²) in [5, 5.41) is 9.33. The van der Waals surface area contributed by atoms with Crippen molar-refractivity contribution in [3.8, 4) is 17.6 Å². The molecule has 0 amide bonds. The van der Waals surface area contributed by atoms with E-state index in [9.17, 15) is 0 Å². The van der Waals surface area contributed by atoms with Gasteiger partial charge in [-0.2, -0.15) is 0 Å². The molecule has 27 heavy (non-hydrogen) atoms. The van der Waals surface area contributed by atoms with Gasteiger partial charge in [-0.3, -0.25) is 0 Å². The van der Waals surface area contributed by atoms with Crippen molar-refractivity contribution in [3.63, 3.8) is 0 Å². The van der Waals surface area contributed by atoms with Gasteiger partial charge in [-0.05, 0) is 56.0 Å². The zero-order chi connectivity index (χ0) is 18.6. The zero-order valence-corrected chi connectivity index (χ0v) is 15.8. The van der Waals surface area contributed by atoms with Crippen molar-refractivity contribution < 1.29 is 9.47 Å². The second kappa shape index (κ2) is 7.96. The van der Waals surface area contributed by atoms with Crippen LogP contribution in [-0.4, -0.2) is 33.0 Å². The third kappa shape index (κ3) is 3.90. The van der Waals surface area contributed by atoms with E-state index in [2.05, 4.69) is 15.2 Å². The molecule has 1 aliphatic carbocycles. The Bertz CT molecular complexity index is 875. The summed E-state index contributed by atoms with van der Waals surface area (Å²) in [6.07, 6.45) is 5.81. The van der Waals surface area contributed by atoms with Gasteiger partial charge >= 0.3 is 6.01 Å². The second-order valence-electron chi connectivity index (χ2n) is 6.62. The Kier molecular flexibility index (Phi) is 5.25. The number of aromatic nitrogens is 4. The quantitative estimate of drug-likeness (QED) is 0.651. The SMILES string of the molecule is COc1nnc(C2CCC(Oc3ccccn3)CC2)n1-c1ccc(Cl)cc1. The molecule has 7 heteroatoms. The summed E-state index contributed by atoms with van der Waals surface area (Å²) in [5.41, 5.74) is 0.947. The van der Waals surface area contributed by atoms with E-state index in [4.69, 9.17) is 21.1 Å². The van der Waals surface area contributed by atoms with Crippen LogP contribution in [0.2, 0.25) is 5.02 Å². The Balaban J connectivity index is 1.50. The molecule has 0 unspecified atom stereocenters. The van der Waals surface area contributed by atoms with E-state index < -0.39 is 0 Å². The van der Waals surface area contributed by atoms with E-state index in [0.29, 0.717) is 22.8 Å². The number of rotatable bonds is 5. The summed E-state index contributed by atoms with van der Waals surface area (Å²) in [6.45, 7) is 0. The first-order chi connectivity index (χ1) is 13.2. The molecule has 0 radical (unpaired) electrons. The second-order valence-corrected chi connectivity index (χ2v) is 7.05. The topological polar surface area (TPSA) is 62.1 Å². The maximum absolute atomic E-state index is 6.03. The normalized spacial score (nSPS) is 19.6. The van der Waals surface area contributed by atoms with E-state index in [0.717, 1.165) is 37.2 Å². The molecular formula is C20H21ClN4O2. The average molecular weight is 385 g/mol. The molecule has 3 aromatic rings. The smallest absolute Gasteiger partial charge is 0.321 e. The highest BCUT2D eigenvalue weighted by molar-refractivity contribution is 6.30. The van der Waals surface area contributed by atoms with Crippen LogP contribution in [-0.2, 0) is 0 Å². The maximum Gasteiger partial charge on any atom is 0.321 e. The molecule has 6 nitrogen and oxygen atoms in total. The van der Waals surface area contributed by atoms with E-state index in [-0.39, 0.29) is 6.10 Å². The van der Waals surface area contributed by atoms with Crippen LogP contribution in [0.1, 0.15) is 37.4 Å². The molecule has 140 valence electrons. The first-order valence-electron chi connectivity index (χ1n) is 9.07. The predicted molar refractivity (Wildman–Crippen MR) is 103 cm³/mol. The molecule has 1 aliphatic rings. The van der Waals surface area contributed by atoms with Crippen LogP contribution >= 0.6 is 11.6 Å². The lowest BCUT2D eigenvalue weighted by Gasteiger charge is -2.28. The van der Waals surface area contributed by atoms with Gasteiger partial charge in [0.05, 0.1) is 12.8 Å². The Labute approximate surface area is 163 Å². The van der Waals surface area contributed by atoms with E-state index >= 15 is 0 Å². The fraction of sp³-hybridized carbons (Fsp3) is 0.350. The monoisotopic (exact) mass is 384 g/mol. The van der Waals surface area contributed by atoms with Crippen molar-refractivity contribution in [2.45, 2.75) is 37.7 Å². The molecule has 4 rings (SSSR count). The maximum atomic E-state index is 6.03. The van der Waals surface area contributed by atoms with Crippen molar-refractivity contribution in [1.29, 1.82) is 0 Å². The van der Waals surface area contributed by atoms with Crippen molar-refractivity contribution in [1.82, 2.24) is 19.7 Å². The van der Waals surface area contributed by atoms with Crippen molar-refractivity contribution in [3.05, 3.63) is 59.5 Å². The molecule has 0 saturated heterocycles. The summed E-state index contributed by atoms with van der Waals surface area (Å²) >= 11 is 6.03. The van der Waals surface area contributed by atoms with Crippen molar-refractivity contribution >= 4 is 11.6 Å². The number of hydrogen-bond acceptors (Lipinski definition) is 5. The van der Waals surface area contributed by atoms with Crippen molar-refractivity contribution in [2.75, 3.05) is 7.11 Å². The summed E-state index contributed by atoms with van der Waals surface area (Å²) in [5.74, 6) is 1.91. The van der Waals surface area contributed by atoms with Crippen LogP contribution in [0.5, 0.6) is 11.9 Å². The van der Waals surface area contributed by atoms with Crippen LogP contribution in [0.25, 0.3) is 5.69 Å². The minimum absolute atomic E-state index is 0.185. The van der Waals surface area contributed by atoms with Gasteiger partial charge in [0.1, 0.15) is 11.9 Å². The summed E-state index contributed by atoms with van der Waals surface area (Å²) in [4.78, 5) is 4.25. The molecule has 0 bridgehead atoms. The van der Waals surface area contributed by atoms with Crippen LogP contribution in [0.4, 0.5) is 0 Å². The molecule has 2 aromatic heterocycles. The van der Waals surface area contributed by atoms with Crippen LogP contribution in [0.3, 0.4) is 0 Å². The molecule has 0 N–H and O–H groups in total. The molecular weight excluding hydrogens is 364 g/mol. The minimum atomic E-state index is 0.185. The highest BCUT2D eigenvalue weighted by Crippen LogP contribution is 2.36. The Hall–Kier alpha value is -2.60. The number of halogens is 1. The van der Waals surface area contributed by atoms with Gasteiger partial charge in [-0.25, -0.2) is 9.55 Å². The first kappa shape index (κ1) is 17.8. The lowest BCUT2D eigenvalue weighted by Crippen LogP contribution is -2.25. The molecule has 0 atom stereocenters. The van der Waals surface area contributed by atoms with Gasteiger partial charge in [0, 0.05) is 23.2 Å². The van der Waals surface area contributed by atoms with E-state index in [1.54, 1.807) is 13.3 Å². The van der Waals surface area contributed by atoms with E-state index in [1.165, 1.54) is 0 Å². The first-order valence-corrected chi connectivity index (χ1v) is 9.45. The largest absolute Gasteiger partial charge is 0.474 e. The Morgan fingerprint density at radius 1 is 1.00 bits per heavy atom. The average Bonchev–Trinajstić information content (AvgIpc) is 3.14. The number of nitrogens with zero attached hydrogens (tertiary/aromatic N) is 4. The molecule has 0 aliphatic heterocycles. The molecule has 1 saturated carbocycles. The van der Waals surface area contributed by atoms with Gasteiger partial charge < -0.3 is 9.47 Å². The number of ether oxygens (including phenoxy) is 2. The molecule has 0 spiro atoms. The summed E-state index contributed by atoms with van der Waals surface area (Å²) in [7, 11) is 1.61.